The lowest BCUT2D eigenvalue weighted by atomic mass is 10.1. The summed E-state index contributed by atoms with van der Waals surface area (Å²) >= 11 is 0. The normalized spacial score (nSPS) is 17.1. The molecule has 1 aliphatic heterocycles. The number of hydrogen-bond donors (Lipinski definition) is 1. The van der Waals surface area contributed by atoms with Gasteiger partial charge in [0.05, 0.1) is 19.2 Å². The van der Waals surface area contributed by atoms with Gasteiger partial charge in [0.25, 0.3) is 0 Å². The maximum absolute atomic E-state index is 11.9. The molecular weight excluding hydrogens is 216 g/mol. The molecule has 1 amide bonds. The third kappa shape index (κ3) is 4.44. The van der Waals surface area contributed by atoms with E-state index in [1.165, 1.54) is 4.90 Å². The van der Waals surface area contributed by atoms with Crippen LogP contribution >= 0.6 is 0 Å². The fraction of sp³-hybridized carbons (Fsp3) is 0.667. The molecule has 0 aromatic rings. The minimum Gasteiger partial charge on any atom is -0.328 e. The lowest BCUT2D eigenvalue weighted by molar-refractivity contribution is -0.131. The van der Waals surface area contributed by atoms with Gasteiger partial charge in [-0.2, -0.15) is 5.26 Å². The number of hydrogen-bond acceptors (Lipinski definition) is 4. The topological polar surface area (TPSA) is 73.4 Å². The van der Waals surface area contributed by atoms with Gasteiger partial charge < -0.3 is 10.6 Å². The van der Waals surface area contributed by atoms with Crippen LogP contribution in [0.1, 0.15) is 12.8 Å². The Kier molecular flexibility index (Phi) is 5.48. The Morgan fingerprint density at radius 3 is 2.65 bits per heavy atom. The van der Waals surface area contributed by atoms with Gasteiger partial charge in [-0.05, 0) is 12.8 Å². The summed E-state index contributed by atoms with van der Waals surface area (Å²) in [6, 6.07) is 2.20. The molecule has 0 aliphatic carbocycles. The van der Waals surface area contributed by atoms with E-state index in [1.807, 2.05) is 6.07 Å². The second kappa shape index (κ2) is 6.90. The van der Waals surface area contributed by atoms with Gasteiger partial charge in [0.1, 0.15) is 6.54 Å². The lowest BCUT2D eigenvalue weighted by Crippen LogP contribution is -2.46. The molecule has 0 bridgehead atoms. The molecule has 1 heterocycles. The predicted molar refractivity (Wildman–Crippen MR) is 64.7 cm³/mol. The highest BCUT2D eigenvalue weighted by Crippen LogP contribution is 2.08. The van der Waals surface area contributed by atoms with E-state index in [9.17, 15) is 4.79 Å². The summed E-state index contributed by atoms with van der Waals surface area (Å²) in [5.41, 5.74) is 5.79. The van der Waals surface area contributed by atoms with Crippen molar-refractivity contribution >= 4 is 5.91 Å². The molecule has 0 aromatic heterocycles. The third-order valence-electron chi connectivity index (χ3n) is 2.89. The van der Waals surface area contributed by atoms with Crippen molar-refractivity contribution in [2.75, 3.05) is 32.7 Å². The molecule has 5 heteroatoms. The zero-order valence-corrected chi connectivity index (χ0v) is 9.93. The molecule has 17 heavy (non-hydrogen) atoms. The molecule has 0 unspecified atom stereocenters. The number of amides is 1. The number of piperidine rings is 1. The van der Waals surface area contributed by atoms with Crippen molar-refractivity contribution in [2.24, 2.45) is 5.73 Å². The number of likely N-dealkylation sites (tertiary alicyclic amines) is 1. The number of carbonyl (C=O) groups excluding carboxylic acids is 1. The molecule has 1 fully saturated rings. The Morgan fingerprint density at radius 2 is 2.12 bits per heavy atom. The Hall–Kier alpha value is -1.56. The van der Waals surface area contributed by atoms with Gasteiger partial charge >= 0.3 is 0 Å². The highest BCUT2D eigenvalue weighted by Gasteiger charge is 2.20. The van der Waals surface area contributed by atoms with Crippen molar-refractivity contribution in [1.82, 2.24) is 9.80 Å². The Bertz CT molecular complexity index is 317. The maximum Gasteiger partial charge on any atom is 0.238 e. The van der Waals surface area contributed by atoms with Crippen LogP contribution in [0.2, 0.25) is 0 Å². The van der Waals surface area contributed by atoms with Crippen molar-refractivity contribution in [1.29, 1.82) is 5.26 Å². The van der Waals surface area contributed by atoms with Crippen molar-refractivity contribution in [3.05, 3.63) is 0 Å². The van der Waals surface area contributed by atoms with Crippen LogP contribution in [0, 0.1) is 23.7 Å². The minimum atomic E-state index is -0.0834. The lowest BCUT2D eigenvalue weighted by Gasteiger charge is -2.30. The van der Waals surface area contributed by atoms with Crippen LogP contribution in [0.25, 0.3) is 0 Å². The highest BCUT2D eigenvalue weighted by atomic mass is 16.2. The van der Waals surface area contributed by atoms with Gasteiger partial charge in [-0.25, -0.2) is 0 Å². The molecule has 92 valence electrons. The first kappa shape index (κ1) is 13.5. The minimum absolute atomic E-state index is 0.0520. The number of nitriles is 1. The van der Waals surface area contributed by atoms with E-state index in [1.54, 1.807) is 0 Å². The first-order valence-electron chi connectivity index (χ1n) is 5.73. The SMILES string of the molecule is C#CCN(CC#N)C(=O)CN1CCC(N)CC1. The van der Waals surface area contributed by atoms with E-state index in [2.05, 4.69) is 10.8 Å². The van der Waals surface area contributed by atoms with E-state index in [-0.39, 0.29) is 25.0 Å². The van der Waals surface area contributed by atoms with Gasteiger partial charge in [0.15, 0.2) is 0 Å². The average molecular weight is 234 g/mol. The molecule has 1 rings (SSSR count). The summed E-state index contributed by atoms with van der Waals surface area (Å²) in [7, 11) is 0. The van der Waals surface area contributed by atoms with Gasteiger partial charge in [0.2, 0.25) is 5.91 Å². The maximum atomic E-state index is 11.9. The zero-order valence-electron chi connectivity index (χ0n) is 9.93. The third-order valence-corrected chi connectivity index (χ3v) is 2.89. The quantitative estimate of drug-likeness (QED) is 0.520. The molecule has 0 saturated carbocycles. The zero-order chi connectivity index (χ0) is 12.7. The van der Waals surface area contributed by atoms with Crippen LogP contribution in [0.4, 0.5) is 0 Å². The van der Waals surface area contributed by atoms with Crippen molar-refractivity contribution in [2.45, 2.75) is 18.9 Å². The van der Waals surface area contributed by atoms with E-state index >= 15 is 0 Å². The average Bonchev–Trinajstić information content (AvgIpc) is 2.32. The first-order chi connectivity index (χ1) is 8.17. The summed E-state index contributed by atoms with van der Waals surface area (Å²) in [4.78, 5) is 15.3. The molecule has 0 spiro atoms. The van der Waals surface area contributed by atoms with E-state index in [0.29, 0.717) is 6.54 Å². The van der Waals surface area contributed by atoms with Crippen molar-refractivity contribution in [3.63, 3.8) is 0 Å². The van der Waals surface area contributed by atoms with Crippen LogP contribution in [0.3, 0.4) is 0 Å². The number of rotatable bonds is 4. The fourth-order valence-electron chi connectivity index (χ4n) is 1.83. The largest absolute Gasteiger partial charge is 0.328 e. The molecule has 5 nitrogen and oxygen atoms in total. The number of carbonyl (C=O) groups is 1. The molecule has 0 atom stereocenters. The van der Waals surface area contributed by atoms with E-state index in [4.69, 9.17) is 17.4 Å². The summed E-state index contributed by atoms with van der Waals surface area (Å²) in [5, 5.41) is 8.61. The molecule has 1 aliphatic rings. The number of terminal acetylenes is 1. The van der Waals surface area contributed by atoms with E-state index < -0.39 is 0 Å². The summed E-state index contributed by atoms with van der Waals surface area (Å²) in [6.07, 6.45) is 7.00. The first-order valence-corrected chi connectivity index (χ1v) is 5.73. The van der Waals surface area contributed by atoms with Crippen LogP contribution < -0.4 is 5.73 Å². The van der Waals surface area contributed by atoms with Gasteiger partial charge in [-0.15, -0.1) is 6.42 Å². The summed E-state index contributed by atoms with van der Waals surface area (Å²) in [6.45, 7) is 2.25. The van der Waals surface area contributed by atoms with Gasteiger partial charge in [0, 0.05) is 19.1 Å². The molecule has 0 radical (unpaired) electrons. The van der Waals surface area contributed by atoms with Crippen LogP contribution in [0.5, 0.6) is 0 Å². The summed E-state index contributed by atoms with van der Waals surface area (Å²) < 4.78 is 0. The Morgan fingerprint density at radius 1 is 1.47 bits per heavy atom. The monoisotopic (exact) mass is 234 g/mol. The molecule has 1 saturated heterocycles. The predicted octanol–water partition coefficient (Wildman–Crippen LogP) is -0.605. The molecular formula is C12H18N4O. The van der Waals surface area contributed by atoms with Gasteiger partial charge in [-0.1, -0.05) is 5.92 Å². The van der Waals surface area contributed by atoms with Crippen LogP contribution in [0.15, 0.2) is 0 Å². The van der Waals surface area contributed by atoms with Crippen molar-refractivity contribution < 1.29 is 4.79 Å². The summed E-state index contributed by atoms with van der Waals surface area (Å²) in [5.74, 6) is 2.31. The van der Waals surface area contributed by atoms with E-state index in [0.717, 1.165) is 25.9 Å². The smallest absolute Gasteiger partial charge is 0.238 e. The fourth-order valence-corrected chi connectivity index (χ4v) is 1.83. The van der Waals surface area contributed by atoms with Crippen molar-refractivity contribution in [3.8, 4) is 18.4 Å². The Balaban J connectivity index is 2.41. The second-order valence-electron chi connectivity index (χ2n) is 4.23. The number of nitrogens with two attached hydrogens (primary N) is 1. The molecule has 0 aromatic carbocycles. The molecule has 2 N–H and O–H groups in total. The second-order valence-corrected chi connectivity index (χ2v) is 4.23. The van der Waals surface area contributed by atoms with Crippen LogP contribution in [-0.2, 0) is 4.79 Å². The Labute approximate surface area is 102 Å². The standard InChI is InChI=1S/C12H18N4O/c1-2-6-16(9-5-13)12(17)10-15-7-3-11(14)4-8-15/h1,11H,3-4,6-10,14H2. The number of nitrogens with zero attached hydrogens (tertiary/aromatic N) is 3. The van der Waals surface area contributed by atoms with Crippen LogP contribution in [-0.4, -0.2) is 54.5 Å². The van der Waals surface area contributed by atoms with Gasteiger partial charge in [-0.3, -0.25) is 9.69 Å². The highest BCUT2D eigenvalue weighted by molar-refractivity contribution is 5.78.